The van der Waals surface area contributed by atoms with Crippen molar-refractivity contribution in [2.45, 2.75) is 13.5 Å². The number of halogens is 1. The topological polar surface area (TPSA) is 59.9 Å². The molecule has 3 aromatic carbocycles. The normalized spacial score (nSPS) is 10.7. The number of rotatable bonds is 8. The summed E-state index contributed by atoms with van der Waals surface area (Å²) >= 11 is 3.42. The minimum Gasteiger partial charge on any atom is -0.488 e. The summed E-state index contributed by atoms with van der Waals surface area (Å²) in [6.07, 6.45) is 1.54. The van der Waals surface area contributed by atoms with Crippen LogP contribution in [0.5, 0.6) is 5.75 Å². The maximum absolute atomic E-state index is 11.9. The Kier molecular flexibility index (Phi) is 7.41. The second-order valence-corrected chi connectivity index (χ2v) is 7.29. The zero-order valence-electron chi connectivity index (χ0n) is 16.0. The highest BCUT2D eigenvalue weighted by atomic mass is 79.9. The van der Waals surface area contributed by atoms with Crippen LogP contribution in [0.15, 0.2) is 82.4 Å². The highest BCUT2D eigenvalue weighted by Gasteiger charge is 2.04. The molecule has 3 aromatic rings. The standard InChI is InChI=1S/C23H21BrN2O3/c1-17-6-12-21(13-7-17)26-23(27)16-29-25-14-19-4-2-3-5-22(19)28-15-18-8-10-20(24)11-9-18/h2-14H,15-16H2,1H3,(H,26,27)/b25-14+. The third-order valence-corrected chi connectivity index (χ3v) is 4.55. The lowest BCUT2D eigenvalue weighted by atomic mass is 10.2. The summed E-state index contributed by atoms with van der Waals surface area (Å²) in [7, 11) is 0. The zero-order chi connectivity index (χ0) is 20.5. The van der Waals surface area contributed by atoms with E-state index in [2.05, 4.69) is 26.4 Å². The van der Waals surface area contributed by atoms with Crippen molar-refractivity contribution < 1.29 is 14.4 Å². The molecule has 0 saturated carbocycles. The summed E-state index contributed by atoms with van der Waals surface area (Å²) in [6.45, 7) is 2.26. The van der Waals surface area contributed by atoms with Crippen molar-refractivity contribution in [2.75, 3.05) is 11.9 Å². The Morgan fingerprint density at radius 3 is 2.52 bits per heavy atom. The molecular formula is C23H21BrN2O3. The number of anilines is 1. The second-order valence-electron chi connectivity index (χ2n) is 6.38. The molecule has 6 heteroatoms. The lowest BCUT2D eigenvalue weighted by molar-refractivity contribution is -0.120. The average Bonchev–Trinajstić information content (AvgIpc) is 2.73. The number of hydrogen-bond donors (Lipinski definition) is 1. The van der Waals surface area contributed by atoms with Gasteiger partial charge in [-0.2, -0.15) is 0 Å². The van der Waals surface area contributed by atoms with E-state index in [4.69, 9.17) is 9.57 Å². The fourth-order valence-electron chi connectivity index (χ4n) is 2.48. The molecule has 0 radical (unpaired) electrons. The van der Waals surface area contributed by atoms with Gasteiger partial charge in [0.2, 0.25) is 0 Å². The van der Waals surface area contributed by atoms with E-state index in [0.717, 1.165) is 26.9 Å². The fraction of sp³-hybridized carbons (Fsp3) is 0.130. The number of hydrogen-bond acceptors (Lipinski definition) is 4. The van der Waals surface area contributed by atoms with Crippen LogP contribution in [0.1, 0.15) is 16.7 Å². The minimum absolute atomic E-state index is 0.174. The van der Waals surface area contributed by atoms with Gasteiger partial charge in [-0.25, -0.2) is 0 Å². The largest absolute Gasteiger partial charge is 0.488 e. The molecule has 0 aliphatic carbocycles. The number of amides is 1. The van der Waals surface area contributed by atoms with Crippen LogP contribution in [0.4, 0.5) is 5.69 Å². The number of benzene rings is 3. The first-order chi connectivity index (χ1) is 14.1. The van der Waals surface area contributed by atoms with Crippen molar-refractivity contribution >= 4 is 33.7 Å². The van der Waals surface area contributed by atoms with E-state index in [1.807, 2.05) is 79.7 Å². The van der Waals surface area contributed by atoms with Crippen LogP contribution in [-0.4, -0.2) is 18.7 Å². The summed E-state index contributed by atoms with van der Waals surface area (Å²) in [5, 5.41) is 6.65. The SMILES string of the molecule is Cc1ccc(NC(=O)CO/N=C/c2ccccc2OCc2ccc(Br)cc2)cc1. The summed E-state index contributed by atoms with van der Waals surface area (Å²) < 4.78 is 6.91. The lowest BCUT2D eigenvalue weighted by Gasteiger charge is -2.09. The van der Waals surface area contributed by atoms with E-state index >= 15 is 0 Å². The van der Waals surface area contributed by atoms with Gasteiger partial charge in [0.05, 0.1) is 6.21 Å². The van der Waals surface area contributed by atoms with Gasteiger partial charge in [-0.1, -0.05) is 63.0 Å². The van der Waals surface area contributed by atoms with Crippen molar-refractivity contribution in [3.8, 4) is 5.75 Å². The number of nitrogens with zero attached hydrogens (tertiary/aromatic N) is 1. The van der Waals surface area contributed by atoms with Gasteiger partial charge in [-0.15, -0.1) is 0 Å². The summed E-state index contributed by atoms with van der Waals surface area (Å²) in [6, 6.07) is 23.0. The molecule has 0 atom stereocenters. The Labute approximate surface area is 178 Å². The van der Waals surface area contributed by atoms with E-state index in [-0.39, 0.29) is 12.5 Å². The van der Waals surface area contributed by atoms with Gasteiger partial charge in [0.1, 0.15) is 12.4 Å². The molecular weight excluding hydrogens is 432 g/mol. The highest BCUT2D eigenvalue weighted by molar-refractivity contribution is 9.10. The van der Waals surface area contributed by atoms with Crippen molar-refractivity contribution in [3.05, 3.63) is 94.0 Å². The molecule has 0 spiro atoms. The Hall–Kier alpha value is -3.12. The minimum atomic E-state index is -0.272. The first-order valence-electron chi connectivity index (χ1n) is 9.08. The van der Waals surface area contributed by atoms with Crippen molar-refractivity contribution in [2.24, 2.45) is 5.16 Å². The number of carbonyl (C=O) groups excluding carboxylic acids is 1. The Morgan fingerprint density at radius 1 is 1.03 bits per heavy atom. The van der Waals surface area contributed by atoms with Gasteiger partial charge < -0.3 is 14.9 Å². The fourth-order valence-corrected chi connectivity index (χ4v) is 2.75. The number of carbonyl (C=O) groups is 1. The van der Waals surface area contributed by atoms with Crippen LogP contribution in [0.3, 0.4) is 0 Å². The molecule has 1 amide bonds. The third kappa shape index (κ3) is 6.76. The van der Waals surface area contributed by atoms with Gasteiger partial charge in [-0.3, -0.25) is 4.79 Å². The maximum atomic E-state index is 11.9. The molecule has 0 fully saturated rings. The van der Waals surface area contributed by atoms with E-state index in [0.29, 0.717) is 12.4 Å². The molecule has 0 aromatic heterocycles. The van der Waals surface area contributed by atoms with E-state index in [1.54, 1.807) is 0 Å². The Bertz CT molecular complexity index is 970. The van der Waals surface area contributed by atoms with E-state index < -0.39 is 0 Å². The lowest BCUT2D eigenvalue weighted by Crippen LogP contribution is -2.16. The molecule has 29 heavy (non-hydrogen) atoms. The molecule has 0 bridgehead atoms. The van der Waals surface area contributed by atoms with Crippen LogP contribution in [0, 0.1) is 6.92 Å². The summed E-state index contributed by atoms with van der Waals surface area (Å²) in [5.74, 6) is 0.414. The van der Waals surface area contributed by atoms with Crippen molar-refractivity contribution in [3.63, 3.8) is 0 Å². The molecule has 1 N–H and O–H groups in total. The number of ether oxygens (including phenoxy) is 1. The predicted octanol–water partition coefficient (Wildman–Crippen LogP) is 5.33. The third-order valence-electron chi connectivity index (χ3n) is 4.02. The van der Waals surface area contributed by atoms with Crippen LogP contribution in [-0.2, 0) is 16.2 Å². The van der Waals surface area contributed by atoms with Gasteiger partial charge in [-0.05, 0) is 48.9 Å². The van der Waals surface area contributed by atoms with Crippen molar-refractivity contribution in [1.82, 2.24) is 0 Å². The molecule has 148 valence electrons. The monoisotopic (exact) mass is 452 g/mol. The van der Waals surface area contributed by atoms with Crippen LogP contribution in [0.25, 0.3) is 0 Å². The molecule has 0 unspecified atom stereocenters. The second kappa shape index (κ2) is 10.4. The zero-order valence-corrected chi connectivity index (χ0v) is 17.6. The molecule has 3 rings (SSSR count). The number of para-hydroxylation sites is 1. The smallest absolute Gasteiger partial charge is 0.265 e. The van der Waals surface area contributed by atoms with Crippen LogP contribution >= 0.6 is 15.9 Å². The van der Waals surface area contributed by atoms with Crippen LogP contribution in [0.2, 0.25) is 0 Å². The first-order valence-corrected chi connectivity index (χ1v) is 9.87. The molecule has 0 saturated heterocycles. The molecule has 0 aliphatic rings. The van der Waals surface area contributed by atoms with Gasteiger partial charge in [0.15, 0.2) is 6.61 Å². The molecule has 5 nitrogen and oxygen atoms in total. The number of oxime groups is 1. The molecule has 0 aliphatic heterocycles. The highest BCUT2D eigenvalue weighted by Crippen LogP contribution is 2.18. The van der Waals surface area contributed by atoms with Crippen LogP contribution < -0.4 is 10.1 Å². The van der Waals surface area contributed by atoms with Crippen molar-refractivity contribution in [1.29, 1.82) is 0 Å². The molecule has 0 heterocycles. The van der Waals surface area contributed by atoms with Gasteiger partial charge in [0, 0.05) is 15.7 Å². The quantitative estimate of drug-likeness (QED) is 0.371. The predicted molar refractivity (Wildman–Crippen MR) is 118 cm³/mol. The van der Waals surface area contributed by atoms with Gasteiger partial charge >= 0.3 is 0 Å². The Balaban J connectivity index is 1.50. The average molecular weight is 453 g/mol. The maximum Gasteiger partial charge on any atom is 0.265 e. The number of aryl methyl sites for hydroxylation is 1. The van der Waals surface area contributed by atoms with E-state index in [1.165, 1.54) is 6.21 Å². The Morgan fingerprint density at radius 2 is 1.76 bits per heavy atom. The summed E-state index contributed by atoms with van der Waals surface area (Å²) in [4.78, 5) is 17.0. The van der Waals surface area contributed by atoms with E-state index in [9.17, 15) is 4.79 Å². The summed E-state index contributed by atoms with van der Waals surface area (Å²) in [5.41, 5.74) is 3.68. The first kappa shape index (κ1) is 20.6. The van der Waals surface area contributed by atoms with Gasteiger partial charge in [0.25, 0.3) is 5.91 Å². The number of nitrogens with one attached hydrogen (secondary N) is 1.